The molecule has 1 aromatic heterocycles. The van der Waals surface area contributed by atoms with Gasteiger partial charge in [-0.1, -0.05) is 90.7 Å². The predicted octanol–water partition coefficient (Wildman–Crippen LogP) is 9.03. The topological polar surface area (TPSA) is 24.9 Å². The smallest absolute Gasteiger partial charge is 0.0563 e. The molecule has 34 heavy (non-hydrogen) atoms. The number of pyridine rings is 1. The molecule has 1 unspecified atom stereocenters. The van der Waals surface area contributed by atoms with Crippen molar-refractivity contribution in [3.63, 3.8) is 0 Å². The fourth-order valence-corrected chi connectivity index (χ4v) is 5.32. The maximum absolute atomic E-state index is 4.82. The normalized spacial score (nSPS) is 16.4. The largest absolute Gasteiger partial charge is 0.381 e. The average Bonchev–Trinajstić information content (AvgIpc) is 2.78. The molecular formula is C32H50N2. The molecule has 1 fully saturated rings. The quantitative estimate of drug-likeness (QED) is 0.169. The molecule has 0 bridgehead atoms. The first-order chi connectivity index (χ1) is 16.2. The van der Waals surface area contributed by atoms with Gasteiger partial charge in [-0.25, -0.2) is 0 Å². The van der Waals surface area contributed by atoms with Gasteiger partial charge < -0.3 is 5.32 Å². The molecule has 0 aromatic carbocycles. The summed E-state index contributed by atoms with van der Waals surface area (Å²) in [6.07, 6.45) is 18.2. The highest BCUT2D eigenvalue weighted by atomic mass is 14.9. The molecule has 2 nitrogen and oxygen atoms in total. The molecule has 1 N–H and O–H groups in total. The van der Waals surface area contributed by atoms with Crippen molar-refractivity contribution in [2.75, 3.05) is 0 Å². The second-order valence-corrected chi connectivity index (χ2v) is 11.6. The van der Waals surface area contributed by atoms with E-state index in [0.29, 0.717) is 0 Å². The zero-order valence-corrected chi connectivity index (χ0v) is 22.6. The molecule has 1 aliphatic rings. The molecule has 0 spiro atoms. The van der Waals surface area contributed by atoms with Gasteiger partial charge in [-0.15, -0.1) is 5.73 Å². The molecule has 1 heterocycles. The maximum atomic E-state index is 4.82. The molecule has 2 heteroatoms. The first kappa shape index (κ1) is 28.2. The van der Waals surface area contributed by atoms with Crippen LogP contribution in [0.1, 0.15) is 109 Å². The summed E-state index contributed by atoms with van der Waals surface area (Å²) in [5, 5.41) is 3.57. The zero-order valence-electron chi connectivity index (χ0n) is 22.6. The number of nitrogens with zero attached hydrogens (tertiary/aromatic N) is 1. The van der Waals surface area contributed by atoms with Gasteiger partial charge in [0.05, 0.1) is 6.04 Å². The second kappa shape index (κ2) is 13.7. The van der Waals surface area contributed by atoms with Gasteiger partial charge in [-0.3, -0.25) is 4.98 Å². The van der Waals surface area contributed by atoms with E-state index in [1.54, 1.807) is 0 Å². The fourth-order valence-electron chi connectivity index (χ4n) is 5.32. The van der Waals surface area contributed by atoms with Crippen molar-refractivity contribution in [1.29, 1.82) is 0 Å². The summed E-state index contributed by atoms with van der Waals surface area (Å²) in [6, 6.07) is 6.68. The van der Waals surface area contributed by atoms with E-state index in [1.165, 1.54) is 81.9 Å². The van der Waals surface area contributed by atoms with E-state index in [9.17, 15) is 0 Å². The van der Waals surface area contributed by atoms with Crippen LogP contribution in [-0.4, -0.2) is 11.0 Å². The molecule has 0 radical (unpaired) electrons. The minimum Gasteiger partial charge on any atom is -0.381 e. The van der Waals surface area contributed by atoms with Crippen LogP contribution in [0.5, 0.6) is 0 Å². The Bertz CT molecular complexity index is 829. The first-order valence-electron chi connectivity index (χ1n) is 13.6. The standard InChI is InChI=1S/C32H50N2/c1-8-18-30(31(5,6)7)34-28(4)20-14-11-9-10-13-19-26(2)32(23-15-12-16-24-32)25-29-22-17-21-27(3)33-29/h17-18,21-22,30,34H,1-2,4,9-16,19-20,23-25H2,3,5-7H3. The van der Waals surface area contributed by atoms with Gasteiger partial charge in [0.1, 0.15) is 0 Å². The van der Waals surface area contributed by atoms with Crippen molar-refractivity contribution in [2.24, 2.45) is 10.8 Å². The van der Waals surface area contributed by atoms with Crippen LogP contribution in [0.15, 0.2) is 61.0 Å². The number of allylic oxidation sites excluding steroid dienone is 2. The molecule has 1 atom stereocenters. The molecule has 0 amide bonds. The van der Waals surface area contributed by atoms with E-state index < -0.39 is 0 Å². The van der Waals surface area contributed by atoms with Gasteiger partial charge >= 0.3 is 0 Å². The molecule has 1 aliphatic carbocycles. The fraction of sp³-hybridized carbons (Fsp3) is 0.625. The number of rotatable bonds is 14. The Hall–Kier alpha value is -2.05. The molecule has 0 saturated heterocycles. The predicted molar refractivity (Wildman–Crippen MR) is 149 cm³/mol. The molecule has 0 aliphatic heterocycles. The summed E-state index contributed by atoms with van der Waals surface area (Å²) < 4.78 is 0. The van der Waals surface area contributed by atoms with E-state index in [0.717, 1.165) is 24.2 Å². The van der Waals surface area contributed by atoms with Crippen molar-refractivity contribution >= 4 is 0 Å². The number of unbranched alkanes of at least 4 members (excludes halogenated alkanes) is 4. The van der Waals surface area contributed by atoms with E-state index in [2.05, 4.69) is 76.7 Å². The summed E-state index contributed by atoms with van der Waals surface area (Å²) in [7, 11) is 0. The van der Waals surface area contributed by atoms with Crippen molar-refractivity contribution in [2.45, 2.75) is 117 Å². The maximum Gasteiger partial charge on any atom is 0.0563 e. The monoisotopic (exact) mass is 462 g/mol. The van der Waals surface area contributed by atoms with Crippen LogP contribution in [0.25, 0.3) is 0 Å². The third kappa shape index (κ3) is 9.30. The summed E-state index contributed by atoms with van der Waals surface area (Å²) in [5.74, 6) is 0. The van der Waals surface area contributed by atoms with E-state index in [1.807, 2.05) is 6.08 Å². The highest BCUT2D eigenvalue weighted by Crippen LogP contribution is 2.46. The van der Waals surface area contributed by atoms with Gasteiger partial charge in [0.2, 0.25) is 0 Å². The van der Waals surface area contributed by atoms with Crippen molar-refractivity contribution in [3.8, 4) is 0 Å². The number of nitrogens with one attached hydrogen (secondary N) is 1. The second-order valence-electron chi connectivity index (χ2n) is 11.6. The van der Waals surface area contributed by atoms with Crippen LogP contribution >= 0.6 is 0 Å². The molecule has 188 valence electrons. The molecule has 1 aromatic rings. The number of aryl methyl sites for hydroxylation is 1. The Kier molecular flexibility index (Phi) is 11.4. The number of hydrogen-bond donors (Lipinski definition) is 1. The van der Waals surface area contributed by atoms with E-state index in [4.69, 9.17) is 4.98 Å². The molecular weight excluding hydrogens is 412 g/mol. The van der Waals surface area contributed by atoms with Crippen LogP contribution in [0.2, 0.25) is 0 Å². The van der Waals surface area contributed by atoms with Crippen LogP contribution in [-0.2, 0) is 6.42 Å². The van der Waals surface area contributed by atoms with Gasteiger partial charge in [0.25, 0.3) is 0 Å². The minimum atomic E-state index is 0.126. The van der Waals surface area contributed by atoms with Crippen LogP contribution in [0, 0.1) is 17.8 Å². The Balaban J connectivity index is 1.71. The first-order valence-corrected chi connectivity index (χ1v) is 13.6. The lowest BCUT2D eigenvalue weighted by Gasteiger charge is -2.39. The van der Waals surface area contributed by atoms with Crippen molar-refractivity contribution in [1.82, 2.24) is 10.3 Å². The van der Waals surface area contributed by atoms with Crippen molar-refractivity contribution < 1.29 is 0 Å². The third-order valence-electron chi connectivity index (χ3n) is 7.56. The Labute approximate surface area is 210 Å². The number of hydrogen-bond acceptors (Lipinski definition) is 2. The lowest BCUT2D eigenvalue weighted by molar-refractivity contribution is 0.228. The van der Waals surface area contributed by atoms with Gasteiger partial charge in [0, 0.05) is 17.1 Å². The lowest BCUT2D eigenvalue weighted by atomic mass is 9.65. The summed E-state index contributed by atoms with van der Waals surface area (Å²) in [5.41, 5.74) is 8.31. The van der Waals surface area contributed by atoms with Gasteiger partial charge in [-0.05, 0) is 80.9 Å². The average molecular weight is 463 g/mol. The SMILES string of the molecule is C=C=CC(NC(=C)CCCCCCCC(=C)C1(Cc2cccc(C)n2)CCCCC1)C(C)(C)C. The van der Waals surface area contributed by atoms with Crippen molar-refractivity contribution in [3.05, 3.63) is 72.4 Å². The van der Waals surface area contributed by atoms with Gasteiger partial charge in [0.15, 0.2) is 0 Å². The highest BCUT2D eigenvalue weighted by Gasteiger charge is 2.34. The highest BCUT2D eigenvalue weighted by molar-refractivity contribution is 5.19. The van der Waals surface area contributed by atoms with Crippen LogP contribution < -0.4 is 5.32 Å². The van der Waals surface area contributed by atoms with E-state index >= 15 is 0 Å². The van der Waals surface area contributed by atoms with E-state index in [-0.39, 0.29) is 16.9 Å². The summed E-state index contributed by atoms with van der Waals surface area (Å²) in [4.78, 5) is 4.82. The zero-order chi connectivity index (χ0) is 25.0. The van der Waals surface area contributed by atoms with Crippen LogP contribution in [0.3, 0.4) is 0 Å². The third-order valence-corrected chi connectivity index (χ3v) is 7.56. The summed E-state index contributed by atoms with van der Waals surface area (Å²) in [6.45, 7) is 21.4. The number of aromatic nitrogens is 1. The Morgan fingerprint density at radius 2 is 1.71 bits per heavy atom. The van der Waals surface area contributed by atoms with Crippen LogP contribution in [0.4, 0.5) is 0 Å². The Morgan fingerprint density at radius 1 is 1.06 bits per heavy atom. The lowest BCUT2D eigenvalue weighted by Crippen LogP contribution is -2.37. The Morgan fingerprint density at radius 3 is 2.32 bits per heavy atom. The minimum absolute atomic E-state index is 0.126. The molecule has 1 saturated carbocycles. The summed E-state index contributed by atoms with van der Waals surface area (Å²) >= 11 is 0. The molecule has 2 rings (SSSR count). The van der Waals surface area contributed by atoms with Gasteiger partial charge in [-0.2, -0.15) is 0 Å².